The van der Waals surface area contributed by atoms with E-state index in [-0.39, 0.29) is 29.5 Å². The van der Waals surface area contributed by atoms with Crippen LogP contribution in [0.5, 0.6) is 0 Å². The number of nitrogens with one attached hydrogen (secondary N) is 1. The van der Waals surface area contributed by atoms with Gasteiger partial charge in [0.25, 0.3) is 0 Å². The van der Waals surface area contributed by atoms with E-state index in [2.05, 4.69) is 5.32 Å². The summed E-state index contributed by atoms with van der Waals surface area (Å²) in [4.78, 5) is 28.9. The Balaban J connectivity index is 1.25. The first kappa shape index (κ1) is 19.4. The highest BCUT2D eigenvalue weighted by molar-refractivity contribution is 5.92. The topological polar surface area (TPSA) is 52.7 Å². The molecular formula is C23H26FN3O2. The number of carbonyl (C=O) groups is 2. The molecule has 0 spiro atoms. The van der Waals surface area contributed by atoms with Crippen molar-refractivity contribution in [3.8, 4) is 0 Å². The maximum Gasteiger partial charge on any atom is 0.226 e. The molecule has 2 fully saturated rings. The van der Waals surface area contributed by atoms with Crippen molar-refractivity contribution in [3.63, 3.8) is 0 Å². The minimum Gasteiger partial charge on any atom is -0.366 e. The van der Waals surface area contributed by atoms with Gasteiger partial charge in [0, 0.05) is 32.7 Å². The van der Waals surface area contributed by atoms with Crippen molar-refractivity contribution in [1.29, 1.82) is 0 Å². The normalized spacial score (nSPS) is 21.0. The Hall–Kier alpha value is -2.89. The van der Waals surface area contributed by atoms with Gasteiger partial charge in [-0.15, -0.1) is 0 Å². The van der Waals surface area contributed by atoms with Gasteiger partial charge in [-0.3, -0.25) is 9.59 Å². The Morgan fingerprint density at radius 1 is 1.03 bits per heavy atom. The molecule has 2 atom stereocenters. The Bertz CT molecular complexity index is 909. The summed E-state index contributed by atoms with van der Waals surface area (Å²) in [6, 6.07) is 14.7. The molecule has 2 aromatic carbocycles. The zero-order valence-electron chi connectivity index (χ0n) is 16.6. The monoisotopic (exact) mass is 395 g/mol. The van der Waals surface area contributed by atoms with Crippen LogP contribution in [0.1, 0.15) is 17.5 Å². The second-order valence-corrected chi connectivity index (χ2v) is 7.92. The second kappa shape index (κ2) is 8.23. The number of piperazine rings is 1. The van der Waals surface area contributed by atoms with E-state index >= 15 is 0 Å². The number of nitrogens with zero attached hydrogens (tertiary/aromatic N) is 2. The van der Waals surface area contributed by atoms with Crippen molar-refractivity contribution in [3.05, 3.63) is 65.5 Å². The number of rotatable bonds is 5. The Morgan fingerprint density at radius 3 is 2.52 bits per heavy atom. The highest BCUT2D eigenvalue weighted by Gasteiger charge is 2.49. The lowest BCUT2D eigenvalue weighted by molar-refractivity contribution is -0.135. The third-order valence-corrected chi connectivity index (χ3v) is 5.78. The van der Waals surface area contributed by atoms with E-state index in [1.165, 1.54) is 6.07 Å². The lowest BCUT2D eigenvalue weighted by atomic mass is 10.1. The number of aryl methyl sites for hydroxylation is 1. The lowest BCUT2D eigenvalue weighted by Gasteiger charge is -2.36. The van der Waals surface area contributed by atoms with Crippen LogP contribution in [0.3, 0.4) is 0 Å². The second-order valence-electron chi connectivity index (χ2n) is 7.92. The predicted octanol–water partition coefficient (Wildman–Crippen LogP) is 2.74. The van der Waals surface area contributed by atoms with Crippen LogP contribution in [-0.2, 0) is 16.1 Å². The zero-order valence-corrected chi connectivity index (χ0v) is 16.6. The van der Waals surface area contributed by atoms with E-state index in [9.17, 15) is 14.0 Å². The zero-order chi connectivity index (χ0) is 20.4. The standard InChI is InChI=1S/C23H26FN3O2/c1-16-5-4-6-17(13-16)15-25-22(28)18-14-19(18)23(29)27-11-9-26(10-12-27)21-8-3-2-7-20(21)24/h2-8,13,18-19H,9-12,14-15H2,1H3,(H,25,28). The van der Waals surface area contributed by atoms with Crippen LogP contribution >= 0.6 is 0 Å². The third kappa shape index (κ3) is 4.42. The summed E-state index contributed by atoms with van der Waals surface area (Å²) in [7, 11) is 0. The summed E-state index contributed by atoms with van der Waals surface area (Å²) < 4.78 is 14.0. The molecular weight excluding hydrogens is 369 g/mol. The summed E-state index contributed by atoms with van der Waals surface area (Å²) in [6.45, 7) is 4.82. The highest BCUT2D eigenvalue weighted by Crippen LogP contribution is 2.40. The van der Waals surface area contributed by atoms with Gasteiger partial charge in [-0.1, -0.05) is 42.0 Å². The molecule has 6 heteroatoms. The first-order chi connectivity index (χ1) is 14.0. The van der Waals surface area contributed by atoms with Gasteiger partial charge < -0.3 is 15.1 Å². The molecule has 2 unspecified atom stereocenters. The average Bonchev–Trinajstić information content (AvgIpc) is 3.53. The van der Waals surface area contributed by atoms with Crippen LogP contribution in [0, 0.1) is 24.6 Å². The van der Waals surface area contributed by atoms with Gasteiger partial charge in [0.05, 0.1) is 17.5 Å². The van der Waals surface area contributed by atoms with Crippen molar-refractivity contribution in [2.24, 2.45) is 11.8 Å². The van der Waals surface area contributed by atoms with Crippen LogP contribution in [0.2, 0.25) is 0 Å². The highest BCUT2D eigenvalue weighted by atomic mass is 19.1. The summed E-state index contributed by atoms with van der Waals surface area (Å²) in [6.07, 6.45) is 0.617. The van der Waals surface area contributed by atoms with Gasteiger partial charge in [-0.05, 0) is 31.0 Å². The smallest absolute Gasteiger partial charge is 0.226 e. The Morgan fingerprint density at radius 2 is 1.79 bits per heavy atom. The lowest BCUT2D eigenvalue weighted by Crippen LogP contribution is -2.49. The average molecular weight is 395 g/mol. The number of benzene rings is 2. The first-order valence-corrected chi connectivity index (χ1v) is 10.1. The van der Waals surface area contributed by atoms with Crippen LogP contribution in [0.25, 0.3) is 0 Å². The molecule has 152 valence electrons. The minimum absolute atomic E-state index is 0.0464. The SMILES string of the molecule is Cc1cccc(CNC(=O)C2CC2C(=O)N2CCN(c3ccccc3F)CC2)c1. The molecule has 1 saturated heterocycles. The van der Waals surface area contributed by atoms with Crippen molar-refractivity contribution >= 4 is 17.5 Å². The molecule has 0 bridgehead atoms. The van der Waals surface area contributed by atoms with Gasteiger partial charge in [-0.2, -0.15) is 0 Å². The van der Waals surface area contributed by atoms with Crippen molar-refractivity contribution in [2.45, 2.75) is 19.9 Å². The summed E-state index contributed by atoms with van der Waals surface area (Å²) in [5, 5.41) is 2.95. The minimum atomic E-state index is -0.236. The quantitative estimate of drug-likeness (QED) is 0.847. The van der Waals surface area contributed by atoms with Crippen molar-refractivity contribution < 1.29 is 14.0 Å². The summed E-state index contributed by atoms with van der Waals surface area (Å²) in [5.74, 6) is -0.673. The van der Waals surface area contributed by atoms with Gasteiger partial charge >= 0.3 is 0 Å². The van der Waals surface area contributed by atoms with E-state index in [0.717, 1.165) is 11.1 Å². The number of halogens is 1. The molecule has 29 heavy (non-hydrogen) atoms. The van der Waals surface area contributed by atoms with Gasteiger partial charge in [0.1, 0.15) is 5.82 Å². The molecule has 1 N–H and O–H groups in total. The Kier molecular flexibility index (Phi) is 5.51. The maximum atomic E-state index is 14.0. The van der Waals surface area contributed by atoms with Gasteiger partial charge in [0.2, 0.25) is 11.8 Å². The van der Waals surface area contributed by atoms with E-state index in [4.69, 9.17) is 0 Å². The summed E-state index contributed by atoms with van der Waals surface area (Å²) in [5.41, 5.74) is 2.80. The molecule has 0 aromatic heterocycles. The number of anilines is 1. The molecule has 1 saturated carbocycles. The Labute approximate surface area is 170 Å². The number of carbonyl (C=O) groups excluding carboxylic acids is 2. The van der Waals surface area contributed by atoms with E-state index in [1.54, 1.807) is 12.1 Å². The third-order valence-electron chi connectivity index (χ3n) is 5.78. The number of para-hydroxylation sites is 1. The number of amides is 2. The van der Waals surface area contributed by atoms with Gasteiger partial charge in [-0.25, -0.2) is 4.39 Å². The maximum absolute atomic E-state index is 14.0. The van der Waals surface area contributed by atoms with Crippen LogP contribution in [0.15, 0.2) is 48.5 Å². The van der Waals surface area contributed by atoms with E-state index in [1.807, 2.05) is 47.1 Å². The van der Waals surface area contributed by atoms with E-state index < -0.39 is 0 Å². The fraction of sp³-hybridized carbons (Fsp3) is 0.391. The van der Waals surface area contributed by atoms with Crippen LogP contribution < -0.4 is 10.2 Å². The van der Waals surface area contributed by atoms with Crippen LogP contribution in [0.4, 0.5) is 10.1 Å². The molecule has 0 radical (unpaired) electrons. The molecule has 2 aliphatic rings. The van der Waals surface area contributed by atoms with Gasteiger partial charge in [0.15, 0.2) is 0 Å². The van der Waals surface area contributed by atoms with Crippen molar-refractivity contribution in [1.82, 2.24) is 10.2 Å². The van der Waals surface area contributed by atoms with Crippen LogP contribution in [-0.4, -0.2) is 42.9 Å². The molecule has 4 rings (SSSR count). The molecule has 1 aliphatic heterocycles. The first-order valence-electron chi connectivity index (χ1n) is 10.1. The molecule has 1 aliphatic carbocycles. The fourth-order valence-electron chi connectivity index (χ4n) is 4.01. The molecule has 1 heterocycles. The number of hydrogen-bond donors (Lipinski definition) is 1. The molecule has 5 nitrogen and oxygen atoms in total. The van der Waals surface area contributed by atoms with E-state index in [0.29, 0.717) is 44.8 Å². The number of hydrogen-bond acceptors (Lipinski definition) is 3. The fourth-order valence-corrected chi connectivity index (χ4v) is 4.01. The molecule has 2 aromatic rings. The van der Waals surface area contributed by atoms with Crippen molar-refractivity contribution in [2.75, 3.05) is 31.1 Å². The predicted molar refractivity (Wildman–Crippen MR) is 110 cm³/mol. The largest absolute Gasteiger partial charge is 0.366 e. The summed E-state index contributed by atoms with van der Waals surface area (Å²) >= 11 is 0. The molecule has 2 amide bonds.